The number of nitrogens with zero attached hydrogens (tertiary/aromatic N) is 3. The molecule has 1 saturated heterocycles. The zero-order valence-electron chi connectivity index (χ0n) is 18.1. The Hall–Kier alpha value is -2.49. The highest BCUT2D eigenvalue weighted by Gasteiger charge is 2.25. The summed E-state index contributed by atoms with van der Waals surface area (Å²) in [6.45, 7) is 8.54. The molecule has 7 nitrogen and oxygen atoms in total. The van der Waals surface area contributed by atoms with Gasteiger partial charge in [-0.15, -0.1) is 24.0 Å². The first-order chi connectivity index (χ1) is 14.7. The Morgan fingerprint density at radius 1 is 1.19 bits per heavy atom. The fourth-order valence-corrected chi connectivity index (χ4v) is 3.89. The van der Waals surface area contributed by atoms with Crippen LogP contribution in [0, 0.1) is 6.92 Å². The molecule has 0 unspecified atom stereocenters. The van der Waals surface area contributed by atoms with E-state index in [1.165, 1.54) is 28.3 Å². The molecule has 1 amide bonds. The number of H-pyrrole nitrogens is 1. The maximum absolute atomic E-state index is 12.5. The van der Waals surface area contributed by atoms with Gasteiger partial charge < -0.3 is 24.5 Å². The highest BCUT2D eigenvalue weighted by Crippen LogP contribution is 2.20. The Kier molecular flexibility index (Phi) is 8.00. The lowest BCUT2D eigenvalue weighted by molar-refractivity contribution is 0.0657. The maximum atomic E-state index is 12.5. The lowest BCUT2D eigenvalue weighted by Crippen LogP contribution is -2.53. The lowest BCUT2D eigenvalue weighted by atomic mass is 10.1. The zero-order chi connectivity index (χ0) is 20.9. The average Bonchev–Trinajstić information content (AvgIpc) is 3.43. The summed E-state index contributed by atoms with van der Waals surface area (Å²) in [4.78, 5) is 24.7. The Labute approximate surface area is 199 Å². The van der Waals surface area contributed by atoms with Crippen molar-refractivity contribution in [1.82, 2.24) is 20.1 Å². The molecular weight excluding hydrogens is 505 g/mol. The average molecular weight is 535 g/mol. The molecule has 3 heterocycles. The van der Waals surface area contributed by atoms with Gasteiger partial charge in [0, 0.05) is 56.4 Å². The number of fused-ring (bicyclic) bond motifs is 1. The van der Waals surface area contributed by atoms with Crippen LogP contribution in [0.1, 0.15) is 28.6 Å². The predicted molar refractivity (Wildman–Crippen MR) is 134 cm³/mol. The first-order valence-electron chi connectivity index (χ1n) is 10.6. The Bertz CT molecular complexity index is 1020. The summed E-state index contributed by atoms with van der Waals surface area (Å²) in [5.41, 5.74) is 3.73. The number of benzene rings is 1. The van der Waals surface area contributed by atoms with E-state index in [9.17, 15) is 4.79 Å². The SMILES string of the molecule is CCNC(=NCCc1c[nH]c2cc(C)ccc12)N1CCN(C(=O)c2ccco2)CC1.I. The minimum atomic E-state index is -0.0452. The number of piperazine rings is 1. The summed E-state index contributed by atoms with van der Waals surface area (Å²) in [5.74, 6) is 1.27. The predicted octanol–water partition coefficient (Wildman–Crippen LogP) is 3.65. The quantitative estimate of drug-likeness (QED) is 0.297. The number of aryl methyl sites for hydroxylation is 1. The molecule has 3 aromatic rings. The van der Waals surface area contributed by atoms with Crippen LogP contribution < -0.4 is 5.32 Å². The highest BCUT2D eigenvalue weighted by molar-refractivity contribution is 14.0. The largest absolute Gasteiger partial charge is 0.459 e. The van der Waals surface area contributed by atoms with Gasteiger partial charge in [-0.25, -0.2) is 0 Å². The van der Waals surface area contributed by atoms with Gasteiger partial charge in [-0.3, -0.25) is 9.79 Å². The van der Waals surface area contributed by atoms with Crippen molar-refractivity contribution in [2.24, 2.45) is 4.99 Å². The van der Waals surface area contributed by atoms with Crippen LogP contribution in [0.15, 0.2) is 52.2 Å². The number of carbonyl (C=O) groups is 1. The van der Waals surface area contributed by atoms with Gasteiger partial charge in [-0.2, -0.15) is 0 Å². The summed E-state index contributed by atoms with van der Waals surface area (Å²) in [6.07, 6.45) is 4.51. The monoisotopic (exact) mass is 535 g/mol. The van der Waals surface area contributed by atoms with Crippen LogP contribution >= 0.6 is 24.0 Å². The van der Waals surface area contributed by atoms with E-state index < -0.39 is 0 Å². The second-order valence-corrected chi connectivity index (χ2v) is 7.61. The van der Waals surface area contributed by atoms with Crippen LogP contribution in [0.5, 0.6) is 0 Å². The number of aromatic nitrogens is 1. The van der Waals surface area contributed by atoms with Gasteiger partial charge in [-0.05, 0) is 49.6 Å². The molecule has 4 rings (SSSR count). The number of hydrogen-bond donors (Lipinski definition) is 2. The Morgan fingerprint density at radius 2 is 1.97 bits per heavy atom. The van der Waals surface area contributed by atoms with Crippen LogP contribution in [-0.4, -0.2) is 65.9 Å². The van der Waals surface area contributed by atoms with Crippen molar-refractivity contribution in [2.75, 3.05) is 39.3 Å². The van der Waals surface area contributed by atoms with E-state index in [-0.39, 0.29) is 29.9 Å². The van der Waals surface area contributed by atoms with Crippen molar-refractivity contribution >= 4 is 46.7 Å². The first kappa shape index (κ1) is 23.2. The van der Waals surface area contributed by atoms with Gasteiger partial charge in [0.15, 0.2) is 11.7 Å². The van der Waals surface area contributed by atoms with Gasteiger partial charge >= 0.3 is 0 Å². The lowest BCUT2D eigenvalue weighted by Gasteiger charge is -2.36. The number of amides is 1. The molecule has 1 aliphatic rings. The molecule has 166 valence electrons. The topological polar surface area (TPSA) is 76.9 Å². The third-order valence-corrected chi connectivity index (χ3v) is 5.50. The molecule has 0 saturated carbocycles. The van der Waals surface area contributed by atoms with Crippen molar-refractivity contribution in [2.45, 2.75) is 20.3 Å². The number of carbonyl (C=O) groups excluding carboxylic acids is 1. The van der Waals surface area contributed by atoms with E-state index in [2.05, 4.69) is 53.4 Å². The number of aromatic amines is 1. The molecule has 0 spiro atoms. The van der Waals surface area contributed by atoms with E-state index >= 15 is 0 Å². The zero-order valence-corrected chi connectivity index (χ0v) is 20.4. The molecule has 2 N–H and O–H groups in total. The second-order valence-electron chi connectivity index (χ2n) is 7.61. The van der Waals surface area contributed by atoms with Gasteiger partial charge in [-0.1, -0.05) is 12.1 Å². The summed E-state index contributed by atoms with van der Waals surface area (Å²) in [7, 11) is 0. The van der Waals surface area contributed by atoms with Crippen LogP contribution in [0.3, 0.4) is 0 Å². The van der Waals surface area contributed by atoms with Gasteiger partial charge in [0.05, 0.1) is 6.26 Å². The fourth-order valence-electron chi connectivity index (χ4n) is 3.89. The molecule has 2 aromatic heterocycles. The van der Waals surface area contributed by atoms with Crippen molar-refractivity contribution < 1.29 is 9.21 Å². The molecule has 1 fully saturated rings. The molecule has 8 heteroatoms. The van der Waals surface area contributed by atoms with Gasteiger partial charge in [0.1, 0.15) is 0 Å². The van der Waals surface area contributed by atoms with Gasteiger partial charge in [0.2, 0.25) is 0 Å². The maximum Gasteiger partial charge on any atom is 0.289 e. The van der Waals surface area contributed by atoms with Crippen LogP contribution in [-0.2, 0) is 6.42 Å². The van der Waals surface area contributed by atoms with Crippen LogP contribution in [0.4, 0.5) is 0 Å². The van der Waals surface area contributed by atoms with E-state index in [0.717, 1.165) is 32.0 Å². The summed E-state index contributed by atoms with van der Waals surface area (Å²) < 4.78 is 5.24. The van der Waals surface area contributed by atoms with E-state index in [4.69, 9.17) is 9.41 Å². The van der Waals surface area contributed by atoms with E-state index in [1.54, 1.807) is 12.1 Å². The Balaban J connectivity index is 0.00000272. The molecule has 0 aliphatic carbocycles. The molecular formula is C23H30IN5O2. The number of aliphatic imine (C=N–C) groups is 1. The summed E-state index contributed by atoms with van der Waals surface area (Å²) >= 11 is 0. The number of furan rings is 1. The number of halogens is 1. The van der Waals surface area contributed by atoms with Crippen molar-refractivity contribution in [3.8, 4) is 0 Å². The first-order valence-corrected chi connectivity index (χ1v) is 10.6. The van der Waals surface area contributed by atoms with E-state index in [0.29, 0.717) is 25.4 Å². The smallest absolute Gasteiger partial charge is 0.289 e. The third kappa shape index (κ3) is 5.41. The Morgan fingerprint density at radius 3 is 2.68 bits per heavy atom. The fraction of sp³-hybridized carbons (Fsp3) is 0.391. The number of nitrogens with one attached hydrogen (secondary N) is 2. The third-order valence-electron chi connectivity index (χ3n) is 5.50. The molecule has 0 bridgehead atoms. The summed E-state index contributed by atoms with van der Waals surface area (Å²) in [5, 5.41) is 4.66. The molecule has 1 aromatic carbocycles. The minimum absolute atomic E-state index is 0. The molecule has 1 aliphatic heterocycles. The van der Waals surface area contributed by atoms with Crippen molar-refractivity contribution in [1.29, 1.82) is 0 Å². The van der Waals surface area contributed by atoms with E-state index in [1.807, 2.05) is 4.90 Å². The number of hydrogen-bond acceptors (Lipinski definition) is 3. The molecule has 0 radical (unpaired) electrons. The van der Waals surface area contributed by atoms with Gasteiger partial charge in [0.25, 0.3) is 5.91 Å². The molecule has 31 heavy (non-hydrogen) atoms. The summed E-state index contributed by atoms with van der Waals surface area (Å²) in [6, 6.07) is 9.97. The van der Waals surface area contributed by atoms with Crippen LogP contribution in [0.2, 0.25) is 0 Å². The number of guanidine groups is 1. The van der Waals surface area contributed by atoms with Crippen molar-refractivity contribution in [3.05, 3.63) is 59.7 Å². The highest BCUT2D eigenvalue weighted by atomic mass is 127. The van der Waals surface area contributed by atoms with Crippen molar-refractivity contribution in [3.63, 3.8) is 0 Å². The second kappa shape index (κ2) is 10.7. The normalized spacial score (nSPS) is 14.6. The van der Waals surface area contributed by atoms with Crippen LogP contribution in [0.25, 0.3) is 10.9 Å². The molecule has 0 atom stereocenters. The standard InChI is InChI=1S/C23H29N5O2.HI/c1-3-24-23(25-9-8-18-16-26-20-15-17(2)6-7-19(18)20)28-12-10-27(11-13-28)22(29)21-5-4-14-30-21;/h4-7,14-16,26H,3,8-13H2,1-2H3,(H,24,25);1H. The minimum Gasteiger partial charge on any atom is -0.459 e. The number of rotatable bonds is 5.